The topological polar surface area (TPSA) is 47.6 Å². The van der Waals surface area contributed by atoms with E-state index in [1.54, 1.807) is 0 Å². The van der Waals surface area contributed by atoms with E-state index in [9.17, 15) is 0 Å². The van der Waals surface area contributed by atoms with Crippen LogP contribution in [0.1, 0.15) is 0 Å². The van der Waals surface area contributed by atoms with E-state index in [0.717, 1.165) is 61.8 Å². The highest BCUT2D eigenvalue weighted by atomic mass is 28.3. The number of pyridine rings is 2. The van der Waals surface area contributed by atoms with Crippen molar-refractivity contribution in [2.75, 3.05) is 4.90 Å². The average Bonchev–Trinajstić information content (AvgIpc) is 3.98. The molecule has 296 valence electrons. The van der Waals surface area contributed by atoms with Crippen LogP contribution in [0.25, 0.3) is 54.8 Å². The van der Waals surface area contributed by atoms with Crippen LogP contribution in [0.4, 0.5) is 17.2 Å². The highest BCUT2D eigenvalue weighted by Gasteiger charge is 2.49. The summed E-state index contributed by atoms with van der Waals surface area (Å²) < 4.78 is 11.5. The van der Waals surface area contributed by atoms with Gasteiger partial charge in [0.2, 0.25) is 0 Å². The van der Waals surface area contributed by atoms with Crippen LogP contribution in [0.3, 0.4) is 0 Å². The van der Waals surface area contributed by atoms with Gasteiger partial charge in [0.05, 0.1) is 27.9 Å². The first-order valence-corrected chi connectivity index (χ1v) is 23.3. The number of imidazole rings is 1. The molecule has 8 aromatic carbocycles. The van der Waals surface area contributed by atoms with E-state index in [4.69, 9.17) is 14.7 Å². The van der Waals surface area contributed by atoms with Crippen molar-refractivity contribution in [3.63, 3.8) is 0 Å². The van der Waals surface area contributed by atoms with Crippen molar-refractivity contribution in [1.29, 1.82) is 0 Å². The SMILES string of the molecule is c1ccc(-n2c3ccccc3c3cc4c(cc32)N(c2ccccn2)c2cc(Oc3ccc5c6ccccc6n6ccnc6c5c3)ccc2[Si]4(c2ccccc2)c2ccccc2)cc1. The number of hydrogen-bond donors (Lipinski definition) is 0. The van der Waals surface area contributed by atoms with Gasteiger partial charge in [-0.1, -0.05) is 127 Å². The maximum Gasteiger partial charge on any atom is 0.184 e. The number of hydrogen-bond acceptors (Lipinski definition) is 4. The lowest BCUT2D eigenvalue weighted by molar-refractivity contribution is 0.484. The summed E-state index contributed by atoms with van der Waals surface area (Å²) in [7, 11) is -3.07. The Bertz CT molecular complexity index is 3680. The Balaban J connectivity index is 1.10. The molecule has 4 aromatic heterocycles. The van der Waals surface area contributed by atoms with Gasteiger partial charge >= 0.3 is 0 Å². The van der Waals surface area contributed by atoms with E-state index >= 15 is 0 Å². The maximum absolute atomic E-state index is 6.96. The molecule has 0 radical (unpaired) electrons. The normalized spacial score (nSPS) is 13.2. The number of para-hydroxylation sites is 3. The molecule has 0 spiro atoms. The fourth-order valence-corrected chi connectivity index (χ4v) is 15.4. The van der Waals surface area contributed by atoms with Crippen molar-refractivity contribution < 1.29 is 4.74 Å². The van der Waals surface area contributed by atoms with Crippen molar-refractivity contribution >= 4 is 95.1 Å². The number of fused-ring (bicyclic) bond motifs is 11. The summed E-state index contributed by atoms with van der Waals surface area (Å²) in [5.74, 6) is 2.31. The molecule has 1 aliphatic heterocycles. The van der Waals surface area contributed by atoms with Crippen LogP contribution >= 0.6 is 0 Å². The second-order valence-corrected chi connectivity index (χ2v) is 19.9. The van der Waals surface area contributed by atoms with E-state index < -0.39 is 8.07 Å². The predicted octanol–water partition coefficient (Wildman–Crippen LogP) is 11.1. The Hall–Kier alpha value is -8.26. The van der Waals surface area contributed by atoms with Crippen LogP contribution in [0.5, 0.6) is 11.5 Å². The van der Waals surface area contributed by atoms with Crippen LogP contribution in [-0.4, -0.2) is 27.0 Å². The monoisotopic (exact) mass is 823 g/mol. The molecule has 7 heteroatoms. The molecule has 1 aliphatic rings. The summed E-state index contributed by atoms with van der Waals surface area (Å²) in [5.41, 5.74) is 7.59. The van der Waals surface area contributed by atoms with Gasteiger partial charge in [-0.2, -0.15) is 0 Å². The smallest absolute Gasteiger partial charge is 0.184 e. The summed E-state index contributed by atoms with van der Waals surface area (Å²) in [6.07, 6.45) is 5.78. The van der Waals surface area contributed by atoms with Crippen molar-refractivity contribution in [2.45, 2.75) is 0 Å². The molecule has 0 aliphatic carbocycles. The molecule has 0 amide bonds. The highest BCUT2D eigenvalue weighted by Crippen LogP contribution is 2.43. The molecular weight excluding hydrogens is 787 g/mol. The maximum atomic E-state index is 6.96. The zero-order valence-corrected chi connectivity index (χ0v) is 35.0. The molecule has 12 aromatic rings. The fraction of sp³-hybridized carbons (Fsp3) is 0. The van der Waals surface area contributed by atoms with Gasteiger partial charge in [0.25, 0.3) is 0 Å². The molecule has 6 nitrogen and oxygen atoms in total. The Labute approximate surface area is 364 Å². The molecule has 0 unspecified atom stereocenters. The minimum Gasteiger partial charge on any atom is -0.457 e. The van der Waals surface area contributed by atoms with E-state index in [2.05, 4.69) is 214 Å². The summed E-state index contributed by atoms with van der Waals surface area (Å²) in [4.78, 5) is 12.2. The average molecular weight is 824 g/mol. The van der Waals surface area contributed by atoms with Gasteiger partial charge in [0.15, 0.2) is 8.07 Å². The summed E-state index contributed by atoms with van der Waals surface area (Å²) in [6.45, 7) is 0. The third kappa shape index (κ3) is 5.24. The molecule has 5 heterocycles. The van der Waals surface area contributed by atoms with Gasteiger partial charge in [-0.25, -0.2) is 9.97 Å². The van der Waals surface area contributed by atoms with E-state index in [0.29, 0.717) is 0 Å². The minimum atomic E-state index is -3.07. The first kappa shape index (κ1) is 35.5. The molecule has 0 atom stereocenters. The third-order valence-corrected chi connectivity index (χ3v) is 17.8. The third-order valence-electron chi connectivity index (χ3n) is 12.9. The van der Waals surface area contributed by atoms with Gasteiger partial charge < -0.3 is 9.30 Å². The molecule has 0 bridgehead atoms. The lowest BCUT2D eigenvalue weighted by atomic mass is 10.1. The van der Waals surface area contributed by atoms with E-state index in [-0.39, 0.29) is 0 Å². The fourth-order valence-electron chi connectivity index (χ4n) is 10.3. The van der Waals surface area contributed by atoms with Crippen molar-refractivity contribution in [3.8, 4) is 17.2 Å². The van der Waals surface area contributed by atoms with Crippen molar-refractivity contribution in [1.82, 2.24) is 18.9 Å². The Morgan fingerprint density at radius 1 is 0.413 bits per heavy atom. The standard InChI is InChI=1S/C56H37N5OSi/c1-4-16-38(17-5-1)60-49-25-13-11-23-45(49)46-36-54-52(37-50(46)60)61(55-26-14-15-31-57-55)51-35-40(28-30-53(51)63(54,41-18-6-2-7-19-41)42-20-8-3-9-21-42)62-39-27-29-43-44-22-10-12-24-48(44)59-33-32-58-56(59)47(43)34-39/h1-37H. The Kier molecular flexibility index (Phi) is 7.82. The first-order valence-electron chi connectivity index (χ1n) is 21.3. The number of rotatable bonds is 6. The number of benzene rings is 8. The van der Waals surface area contributed by atoms with Crippen LogP contribution in [-0.2, 0) is 0 Å². The Morgan fingerprint density at radius 3 is 1.79 bits per heavy atom. The van der Waals surface area contributed by atoms with Gasteiger partial charge in [-0.3, -0.25) is 9.30 Å². The predicted molar refractivity (Wildman–Crippen MR) is 261 cm³/mol. The molecule has 0 saturated carbocycles. The summed E-state index contributed by atoms with van der Waals surface area (Å²) >= 11 is 0. The zero-order chi connectivity index (χ0) is 41.5. The Morgan fingerprint density at radius 2 is 1.05 bits per heavy atom. The lowest BCUT2D eigenvalue weighted by Crippen LogP contribution is -2.77. The van der Waals surface area contributed by atoms with E-state index in [1.807, 2.05) is 24.7 Å². The van der Waals surface area contributed by atoms with Crippen LogP contribution in [0, 0.1) is 0 Å². The number of anilines is 3. The molecule has 0 N–H and O–H groups in total. The molecule has 0 fully saturated rings. The summed E-state index contributed by atoms with van der Waals surface area (Å²) in [5, 5.41) is 11.0. The molecule has 63 heavy (non-hydrogen) atoms. The zero-order valence-electron chi connectivity index (χ0n) is 34.0. The number of ether oxygens (including phenoxy) is 1. The quantitative estimate of drug-likeness (QED) is 0.124. The molecule has 13 rings (SSSR count). The largest absolute Gasteiger partial charge is 0.457 e. The minimum absolute atomic E-state index is 0.737. The van der Waals surface area contributed by atoms with Gasteiger partial charge in [0, 0.05) is 51.9 Å². The van der Waals surface area contributed by atoms with Gasteiger partial charge in [0.1, 0.15) is 23.0 Å². The number of aromatic nitrogens is 4. The van der Waals surface area contributed by atoms with Crippen LogP contribution in [0.15, 0.2) is 225 Å². The highest BCUT2D eigenvalue weighted by molar-refractivity contribution is 7.21. The van der Waals surface area contributed by atoms with Crippen LogP contribution < -0.4 is 30.4 Å². The van der Waals surface area contributed by atoms with Gasteiger partial charge in [-0.15, -0.1) is 0 Å². The molecule has 0 saturated heterocycles. The van der Waals surface area contributed by atoms with Crippen molar-refractivity contribution in [2.24, 2.45) is 0 Å². The first-order chi connectivity index (χ1) is 31.3. The lowest BCUT2D eigenvalue weighted by Gasteiger charge is -2.44. The van der Waals surface area contributed by atoms with Crippen molar-refractivity contribution in [3.05, 3.63) is 225 Å². The van der Waals surface area contributed by atoms with Gasteiger partial charge in [-0.05, 0) is 98.9 Å². The summed E-state index contributed by atoms with van der Waals surface area (Å²) in [6, 6.07) is 74.5. The second-order valence-electron chi connectivity index (χ2n) is 16.2. The second kappa shape index (κ2) is 13.9. The van der Waals surface area contributed by atoms with E-state index in [1.165, 1.54) is 42.4 Å². The van der Waals surface area contributed by atoms with Crippen LogP contribution in [0.2, 0.25) is 0 Å². The molecular formula is C56H37N5OSi. The number of nitrogens with zero attached hydrogens (tertiary/aromatic N) is 5.